The molecule has 3 aromatic rings. The molecule has 6 N–H and O–H groups in total. The number of anilines is 1. The predicted molar refractivity (Wildman–Crippen MR) is 118 cm³/mol. The molecular formula is C23H25N3O7. The van der Waals surface area contributed by atoms with Gasteiger partial charge in [0.1, 0.15) is 35.9 Å². The van der Waals surface area contributed by atoms with E-state index >= 15 is 0 Å². The lowest BCUT2D eigenvalue weighted by molar-refractivity contribution is -0.277. The van der Waals surface area contributed by atoms with E-state index in [1.54, 1.807) is 31.4 Å². The molecule has 1 aliphatic rings. The smallest absolute Gasteiger partial charge is 0.229 e. The minimum Gasteiger partial charge on any atom is -0.497 e. The van der Waals surface area contributed by atoms with Crippen molar-refractivity contribution >= 4 is 5.95 Å². The molecule has 5 atom stereocenters. The fourth-order valence-corrected chi connectivity index (χ4v) is 3.53. The van der Waals surface area contributed by atoms with E-state index in [1.807, 2.05) is 30.3 Å². The van der Waals surface area contributed by atoms with Gasteiger partial charge in [0.15, 0.2) is 0 Å². The van der Waals surface area contributed by atoms with Gasteiger partial charge in [-0.05, 0) is 54.6 Å². The van der Waals surface area contributed by atoms with Crippen molar-refractivity contribution in [3.05, 3.63) is 54.6 Å². The normalized spacial score (nSPS) is 24.9. The van der Waals surface area contributed by atoms with Crippen molar-refractivity contribution in [3.8, 4) is 34.0 Å². The van der Waals surface area contributed by atoms with Crippen LogP contribution in [-0.4, -0.2) is 74.8 Å². The van der Waals surface area contributed by atoms with Gasteiger partial charge in [0.25, 0.3) is 0 Å². The zero-order chi connectivity index (χ0) is 23.5. The van der Waals surface area contributed by atoms with Gasteiger partial charge in [-0.15, -0.1) is 0 Å². The van der Waals surface area contributed by atoms with Crippen LogP contribution in [0.4, 0.5) is 5.95 Å². The van der Waals surface area contributed by atoms with Gasteiger partial charge in [-0.3, -0.25) is 0 Å². The van der Waals surface area contributed by atoms with E-state index in [4.69, 9.17) is 19.9 Å². The van der Waals surface area contributed by atoms with Gasteiger partial charge in [-0.1, -0.05) is 0 Å². The lowest BCUT2D eigenvalue weighted by Crippen LogP contribution is -2.60. The number of aromatic nitrogens is 2. The molecule has 0 amide bonds. The van der Waals surface area contributed by atoms with E-state index in [-0.39, 0.29) is 5.95 Å². The van der Waals surface area contributed by atoms with Crippen LogP contribution in [0.3, 0.4) is 0 Å². The summed E-state index contributed by atoms with van der Waals surface area (Å²) in [4.78, 5) is 8.62. The molecule has 1 aromatic heterocycles. The maximum absolute atomic E-state index is 10.1. The number of hydrogen-bond acceptors (Lipinski definition) is 10. The molecule has 10 nitrogen and oxygen atoms in total. The quantitative estimate of drug-likeness (QED) is 0.356. The third-order valence-corrected chi connectivity index (χ3v) is 5.38. The number of rotatable bonds is 6. The first-order valence-electron chi connectivity index (χ1n) is 10.3. The molecule has 1 aliphatic heterocycles. The average Bonchev–Trinajstić information content (AvgIpc) is 2.84. The van der Waals surface area contributed by atoms with E-state index in [0.29, 0.717) is 17.1 Å². The molecule has 10 heteroatoms. The monoisotopic (exact) mass is 455 g/mol. The number of nitrogens with two attached hydrogens (primary N) is 1. The summed E-state index contributed by atoms with van der Waals surface area (Å²) in [6.07, 6.45) is -6.76. The second-order valence-corrected chi connectivity index (χ2v) is 7.56. The molecule has 0 unspecified atom stereocenters. The van der Waals surface area contributed by atoms with Gasteiger partial charge >= 0.3 is 0 Å². The topological polar surface area (TPSA) is 160 Å². The second-order valence-electron chi connectivity index (χ2n) is 7.56. The molecule has 2 heterocycles. The van der Waals surface area contributed by atoms with Crippen LogP contribution in [0, 0.1) is 0 Å². The Labute approximate surface area is 189 Å². The van der Waals surface area contributed by atoms with Crippen LogP contribution in [0.5, 0.6) is 11.5 Å². The summed E-state index contributed by atoms with van der Waals surface area (Å²) in [5.74, 6) is 1.21. The van der Waals surface area contributed by atoms with Gasteiger partial charge in [-0.2, -0.15) is 0 Å². The van der Waals surface area contributed by atoms with E-state index < -0.39 is 37.3 Å². The number of methoxy groups -OCH3 is 1. The molecule has 0 aliphatic carbocycles. The van der Waals surface area contributed by atoms with Crippen molar-refractivity contribution in [1.29, 1.82) is 0 Å². The van der Waals surface area contributed by atoms with E-state index in [1.165, 1.54) is 0 Å². The van der Waals surface area contributed by atoms with Gasteiger partial charge in [-0.25, -0.2) is 9.97 Å². The van der Waals surface area contributed by atoms with Crippen LogP contribution in [0.2, 0.25) is 0 Å². The van der Waals surface area contributed by atoms with Gasteiger partial charge < -0.3 is 40.4 Å². The van der Waals surface area contributed by atoms with Crippen LogP contribution in [0.1, 0.15) is 0 Å². The highest BCUT2D eigenvalue weighted by atomic mass is 16.7. The van der Waals surface area contributed by atoms with Gasteiger partial charge in [0.2, 0.25) is 12.2 Å². The Bertz CT molecular complexity index is 1080. The number of benzene rings is 2. The van der Waals surface area contributed by atoms with Gasteiger partial charge in [0, 0.05) is 11.1 Å². The maximum Gasteiger partial charge on any atom is 0.229 e. The third kappa shape index (κ3) is 4.90. The predicted octanol–water partition coefficient (Wildman–Crippen LogP) is 0.580. The molecule has 4 rings (SSSR count). The molecular weight excluding hydrogens is 430 g/mol. The SMILES string of the molecule is COc1ccc(-c2cc(-c3ccc(O[C@@H]4O[C@H](CO)[C@@H](O)[C@@H](O)[C@H]4O)cc3)nc(N)n2)cc1. The van der Waals surface area contributed by atoms with Crippen molar-refractivity contribution in [2.75, 3.05) is 19.5 Å². The molecule has 1 saturated heterocycles. The maximum atomic E-state index is 10.1. The Morgan fingerprint density at radius 2 is 1.39 bits per heavy atom. The summed E-state index contributed by atoms with van der Waals surface area (Å²) in [6, 6.07) is 16.0. The third-order valence-electron chi connectivity index (χ3n) is 5.38. The zero-order valence-electron chi connectivity index (χ0n) is 17.8. The van der Waals surface area contributed by atoms with Crippen molar-refractivity contribution < 1.29 is 34.6 Å². The van der Waals surface area contributed by atoms with Crippen LogP contribution in [-0.2, 0) is 4.74 Å². The number of nitrogens with zero attached hydrogens (tertiary/aromatic N) is 2. The largest absolute Gasteiger partial charge is 0.497 e. The first kappa shape index (κ1) is 22.9. The van der Waals surface area contributed by atoms with Crippen LogP contribution < -0.4 is 15.2 Å². The first-order valence-corrected chi connectivity index (χ1v) is 10.3. The number of ether oxygens (including phenoxy) is 3. The molecule has 0 radical (unpaired) electrons. The molecule has 33 heavy (non-hydrogen) atoms. The summed E-state index contributed by atoms with van der Waals surface area (Å²) in [6.45, 7) is -0.532. The Kier molecular flexibility index (Phi) is 6.72. The summed E-state index contributed by atoms with van der Waals surface area (Å²) in [7, 11) is 1.60. The highest BCUT2D eigenvalue weighted by Gasteiger charge is 2.44. The highest BCUT2D eigenvalue weighted by molar-refractivity contribution is 5.69. The van der Waals surface area contributed by atoms with Gasteiger partial charge in [0.05, 0.1) is 25.1 Å². The molecule has 0 bridgehead atoms. The second kappa shape index (κ2) is 9.69. The Hall–Kier alpha value is -3.28. The van der Waals surface area contributed by atoms with Crippen LogP contribution >= 0.6 is 0 Å². The van der Waals surface area contributed by atoms with Crippen molar-refractivity contribution in [1.82, 2.24) is 9.97 Å². The lowest BCUT2D eigenvalue weighted by Gasteiger charge is -2.39. The summed E-state index contributed by atoms with van der Waals surface area (Å²) >= 11 is 0. The molecule has 0 saturated carbocycles. The number of aliphatic hydroxyl groups excluding tert-OH is 4. The average molecular weight is 455 g/mol. The summed E-state index contributed by atoms with van der Waals surface area (Å²) in [5, 5.41) is 39.2. The first-order chi connectivity index (χ1) is 15.9. The fourth-order valence-electron chi connectivity index (χ4n) is 3.53. The van der Waals surface area contributed by atoms with Crippen molar-refractivity contribution in [2.24, 2.45) is 0 Å². The van der Waals surface area contributed by atoms with E-state index in [0.717, 1.165) is 16.9 Å². The molecule has 2 aromatic carbocycles. The van der Waals surface area contributed by atoms with Crippen molar-refractivity contribution in [3.63, 3.8) is 0 Å². The minimum absolute atomic E-state index is 0.125. The minimum atomic E-state index is -1.51. The molecule has 174 valence electrons. The summed E-state index contributed by atoms with van der Waals surface area (Å²) < 4.78 is 16.2. The standard InChI is InChI=1S/C23H25N3O7/c1-31-14-6-2-12(3-7-14)16-10-17(26-23(24)25-16)13-4-8-15(9-5-13)32-22-21(30)20(29)19(28)18(11-27)33-22/h2-10,18-22,27-30H,11H2,1H3,(H2,24,25,26)/t18-,19-,20-,21-,22-/m1/s1. The Balaban J connectivity index is 1.53. The number of nitrogen functional groups attached to an aromatic ring is 1. The number of aliphatic hydroxyl groups is 4. The Morgan fingerprint density at radius 3 is 1.91 bits per heavy atom. The van der Waals surface area contributed by atoms with Crippen LogP contribution in [0.25, 0.3) is 22.5 Å². The van der Waals surface area contributed by atoms with Crippen LogP contribution in [0.15, 0.2) is 54.6 Å². The fraction of sp³-hybridized carbons (Fsp3) is 0.304. The van der Waals surface area contributed by atoms with E-state index in [9.17, 15) is 20.4 Å². The summed E-state index contributed by atoms with van der Waals surface area (Å²) in [5.41, 5.74) is 8.79. The molecule has 0 spiro atoms. The highest BCUT2D eigenvalue weighted by Crippen LogP contribution is 2.29. The zero-order valence-corrected chi connectivity index (χ0v) is 17.8. The lowest BCUT2D eigenvalue weighted by atomic mass is 9.99. The number of hydrogen-bond donors (Lipinski definition) is 5. The molecule has 1 fully saturated rings. The van der Waals surface area contributed by atoms with Crippen molar-refractivity contribution in [2.45, 2.75) is 30.7 Å². The Morgan fingerprint density at radius 1 is 0.848 bits per heavy atom. The van der Waals surface area contributed by atoms with E-state index in [2.05, 4.69) is 9.97 Å².